The van der Waals surface area contributed by atoms with E-state index < -0.39 is 50.1 Å². The first kappa shape index (κ1) is 36.1. The fourth-order valence-electron chi connectivity index (χ4n) is 1.84. The van der Waals surface area contributed by atoms with Gasteiger partial charge >= 0.3 is 113 Å². The monoisotopic (exact) mass is 437 g/mol. The summed E-state index contributed by atoms with van der Waals surface area (Å²) in [5, 5.41) is 37.5. The molecule has 5 N–H and O–H groups in total. The molecule has 0 aromatic heterocycles. The fraction of sp³-hybridized carbons (Fsp3) is 0.692. The van der Waals surface area contributed by atoms with Crippen molar-refractivity contribution in [3.05, 3.63) is 0 Å². The molecular formula is C13H26N3Na3O9. The van der Waals surface area contributed by atoms with Crippen LogP contribution in [0.15, 0.2) is 0 Å². The van der Waals surface area contributed by atoms with E-state index in [-0.39, 0.29) is 102 Å². The molecule has 15 heteroatoms. The quantitative estimate of drug-likeness (QED) is 0.196. The number of aliphatic carboxylic acids is 4. The van der Waals surface area contributed by atoms with Gasteiger partial charge in [0.2, 0.25) is 0 Å². The molecule has 150 valence electrons. The normalized spacial score (nSPS) is 11.9. The number of carboxylic acid groups (broad SMARTS) is 4. The van der Waals surface area contributed by atoms with Crippen LogP contribution in [0.25, 0.3) is 0 Å². The Hall–Kier alpha value is 0.720. The zero-order chi connectivity index (χ0) is 19.2. The number of nitrogens with zero attached hydrogens (tertiary/aromatic N) is 2. The van der Waals surface area contributed by atoms with Crippen molar-refractivity contribution in [2.75, 3.05) is 59.2 Å². The van der Waals surface area contributed by atoms with E-state index in [1.807, 2.05) is 0 Å². The molecule has 1 aliphatic rings. The molecule has 0 aromatic carbocycles. The SMILES string of the molecule is C1COCN1.O=C(O)CN(CCN(CC(=O)O)CC(=O)O)CC(=O)O.[NaH].[NaH].[NaH]. The Bertz CT molecular complexity index is 392. The van der Waals surface area contributed by atoms with Gasteiger partial charge in [-0.2, -0.15) is 0 Å². The average Bonchev–Trinajstić information content (AvgIpc) is 3.01. The summed E-state index contributed by atoms with van der Waals surface area (Å²) in [4.78, 5) is 44.4. The number of nitrogens with one attached hydrogen (secondary N) is 1. The van der Waals surface area contributed by atoms with Crippen LogP contribution >= 0.6 is 0 Å². The maximum atomic E-state index is 10.6. The van der Waals surface area contributed by atoms with E-state index in [1.54, 1.807) is 0 Å². The Morgan fingerprint density at radius 3 is 1.18 bits per heavy atom. The molecule has 12 nitrogen and oxygen atoms in total. The van der Waals surface area contributed by atoms with Crippen LogP contribution in [0, 0.1) is 0 Å². The Morgan fingerprint density at radius 2 is 1.04 bits per heavy atom. The summed E-state index contributed by atoms with van der Waals surface area (Å²) in [5.41, 5.74) is 0. The fourth-order valence-corrected chi connectivity index (χ4v) is 1.84. The Morgan fingerprint density at radius 1 is 0.714 bits per heavy atom. The number of rotatable bonds is 11. The first-order valence-corrected chi connectivity index (χ1v) is 7.31. The number of hydrogen-bond acceptors (Lipinski definition) is 8. The molecule has 1 fully saturated rings. The third-order valence-corrected chi connectivity index (χ3v) is 2.80. The van der Waals surface area contributed by atoms with Crippen LogP contribution in [0.1, 0.15) is 0 Å². The number of carbonyl (C=O) groups is 4. The van der Waals surface area contributed by atoms with Crippen LogP contribution in [0.5, 0.6) is 0 Å². The zero-order valence-electron chi connectivity index (χ0n) is 13.6. The number of hydrogen-bond donors (Lipinski definition) is 5. The molecule has 0 saturated carbocycles. The Kier molecular flexibility index (Phi) is 28.9. The zero-order valence-corrected chi connectivity index (χ0v) is 13.6. The Balaban J connectivity index is -0.000000311. The van der Waals surface area contributed by atoms with E-state index in [9.17, 15) is 19.2 Å². The molecule has 0 amide bonds. The minimum absolute atomic E-state index is 0. The van der Waals surface area contributed by atoms with E-state index in [4.69, 9.17) is 25.2 Å². The maximum absolute atomic E-state index is 10.6. The van der Waals surface area contributed by atoms with Crippen molar-refractivity contribution in [2.45, 2.75) is 0 Å². The number of ether oxygens (including phenoxy) is 1. The van der Waals surface area contributed by atoms with Gasteiger partial charge in [-0.15, -0.1) is 0 Å². The van der Waals surface area contributed by atoms with Crippen LogP contribution in [-0.4, -0.2) is 202 Å². The van der Waals surface area contributed by atoms with Crippen molar-refractivity contribution in [1.82, 2.24) is 15.1 Å². The van der Waals surface area contributed by atoms with Gasteiger partial charge in [-0.05, 0) is 0 Å². The molecule has 1 heterocycles. The molecule has 0 spiro atoms. The van der Waals surface area contributed by atoms with Crippen molar-refractivity contribution in [3.63, 3.8) is 0 Å². The molecule has 0 aromatic rings. The molecular weight excluding hydrogens is 411 g/mol. The third kappa shape index (κ3) is 24.8. The first-order valence-electron chi connectivity index (χ1n) is 7.31. The van der Waals surface area contributed by atoms with Gasteiger partial charge in [0, 0.05) is 19.6 Å². The van der Waals surface area contributed by atoms with E-state index in [2.05, 4.69) is 5.32 Å². The topological polar surface area (TPSA) is 177 Å². The summed E-state index contributed by atoms with van der Waals surface area (Å²) >= 11 is 0. The predicted molar refractivity (Wildman–Crippen MR) is 104 cm³/mol. The summed E-state index contributed by atoms with van der Waals surface area (Å²) in [6.07, 6.45) is 0. The van der Waals surface area contributed by atoms with Gasteiger partial charge in [0.05, 0.1) is 39.5 Å². The van der Waals surface area contributed by atoms with Gasteiger partial charge in [0.25, 0.3) is 0 Å². The standard InChI is InChI=1S/C10H16N2O8.C3H7NO.3Na.3H/c13-7(14)3-11(4-8(15)16)1-2-12(5-9(17)18)6-10(19)20;1-2-5-3-4-1;;;;;;/h1-6H2,(H,13,14)(H,15,16)(H,17,18)(H,19,20);4H,1-3H2;;;;;;. The van der Waals surface area contributed by atoms with E-state index in [1.165, 1.54) is 0 Å². The van der Waals surface area contributed by atoms with Gasteiger partial charge in [-0.25, -0.2) is 0 Å². The van der Waals surface area contributed by atoms with Gasteiger partial charge in [0.1, 0.15) is 0 Å². The van der Waals surface area contributed by atoms with Crippen molar-refractivity contribution >= 4 is 113 Å². The molecule has 28 heavy (non-hydrogen) atoms. The van der Waals surface area contributed by atoms with Gasteiger partial charge in [-0.3, -0.25) is 34.3 Å². The van der Waals surface area contributed by atoms with Crippen molar-refractivity contribution < 1.29 is 44.3 Å². The summed E-state index contributed by atoms with van der Waals surface area (Å²) in [6.45, 7) is 0.416. The molecule has 0 aliphatic carbocycles. The van der Waals surface area contributed by atoms with E-state index >= 15 is 0 Å². The molecule has 1 aliphatic heterocycles. The van der Waals surface area contributed by atoms with E-state index in [0.29, 0.717) is 0 Å². The molecule has 0 bridgehead atoms. The van der Waals surface area contributed by atoms with Crippen molar-refractivity contribution in [1.29, 1.82) is 0 Å². The second kappa shape index (κ2) is 22.4. The van der Waals surface area contributed by atoms with Crippen LogP contribution < -0.4 is 5.32 Å². The molecule has 0 radical (unpaired) electrons. The third-order valence-electron chi connectivity index (χ3n) is 2.80. The van der Waals surface area contributed by atoms with Crippen molar-refractivity contribution in [3.8, 4) is 0 Å². The molecule has 1 rings (SSSR count). The van der Waals surface area contributed by atoms with Crippen LogP contribution in [0.4, 0.5) is 0 Å². The van der Waals surface area contributed by atoms with E-state index in [0.717, 1.165) is 29.7 Å². The second-order valence-electron chi connectivity index (χ2n) is 5.05. The second-order valence-corrected chi connectivity index (χ2v) is 5.05. The van der Waals surface area contributed by atoms with Crippen LogP contribution in [0.2, 0.25) is 0 Å². The molecule has 1 saturated heterocycles. The Labute approximate surface area is 228 Å². The summed E-state index contributed by atoms with van der Waals surface area (Å²) < 4.78 is 4.83. The predicted octanol–water partition coefficient (Wildman–Crippen LogP) is -4.45. The molecule has 0 unspecified atom stereocenters. The van der Waals surface area contributed by atoms with Gasteiger partial charge in [-0.1, -0.05) is 0 Å². The van der Waals surface area contributed by atoms with Crippen LogP contribution in [-0.2, 0) is 23.9 Å². The number of carboxylic acids is 4. The first-order chi connectivity index (χ1) is 11.7. The van der Waals surface area contributed by atoms with Crippen molar-refractivity contribution in [2.24, 2.45) is 0 Å². The summed E-state index contributed by atoms with van der Waals surface area (Å²) in [6, 6.07) is 0. The summed E-state index contributed by atoms with van der Waals surface area (Å²) in [5.74, 6) is -4.91. The minimum atomic E-state index is -1.23. The van der Waals surface area contributed by atoms with Crippen LogP contribution in [0.3, 0.4) is 0 Å². The average molecular weight is 437 g/mol. The van der Waals surface area contributed by atoms with Gasteiger partial charge in [0.15, 0.2) is 0 Å². The molecule has 0 atom stereocenters. The summed E-state index contributed by atoms with van der Waals surface area (Å²) in [7, 11) is 0. The van der Waals surface area contributed by atoms with Gasteiger partial charge < -0.3 is 25.2 Å².